The summed E-state index contributed by atoms with van der Waals surface area (Å²) in [5.74, 6) is 1.88. The van der Waals surface area contributed by atoms with E-state index in [4.69, 9.17) is 9.26 Å². The van der Waals surface area contributed by atoms with E-state index in [0.717, 1.165) is 0 Å². The van der Waals surface area contributed by atoms with Crippen molar-refractivity contribution in [3.8, 4) is 5.75 Å². The minimum absolute atomic E-state index is 0.00151. The highest BCUT2D eigenvalue weighted by atomic mass is 16.5. The van der Waals surface area contributed by atoms with E-state index in [-0.39, 0.29) is 17.7 Å². The van der Waals surface area contributed by atoms with Crippen LogP contribution < -0.4 is 15.4 Å². The van der Waals surface area contributed by atoms with E-state index in [9.17, 15) is 4.79 Å². The summed E-state index contributed by atoms with van der Waals surface area (Å²) >= 11 is 0. The number of ether oxygens (including phenoxy) is 1. The molecule has 0 saturated heterocycles. The van der Waals surface area contributed by atoms with Gasteiger partial charge in [0.2, 0.25) is 0 Å². The molecule has 0 bridgehead atoms. The molecule has 0 unspecified atom stereocenters. The van der Waals surface area contributed by atoms with E-state index < -0.39 is 0 Å². The lowest BCUT2D eigenvalue weighted by molar-refractivity contribution is 0.102. The number of benzene rings is 1. The fourth-order valence-electron chi connectivity index (χ4n) is 2.19. The number of amides is 1. The Bertz CT molecular complexity index is 890. The van der Waals surface area contributed by atoms with E-state index >= 15 is 0 Å². The van der Waals surface area contributed by atoms with E-state index in [0.29, 0.717) is 28.8 Å². The average molecular weight is 353 g/mol. The quantitative estimate of drug-likeness (QED) is 0.698. The molecule has 2 N–H and O–H groups in total. The van der Waals surface area contributed by atoms with Crippen molar-refractivity contribution >= 4 is 23.2 Å². The number of carbonyl (C=O) groups is 1. The molecule has 3 aromatic rings. The fourth-order valence-corrected chi connectivity index (χ4v) is 2.19. The van der Waals surface area contributed by atoms with Crippen molar-refractivity contribution in [2.24, 2.45) is 0 Å². The van der Waals surface area contributed by atoms with Gasteiger partial charge in [-0.25, -0.2) is 0 Å². The third-order valence-electron chi connectivity index (χ3n) is 3.28. The van der Waals surface area contributed by atoms with Gasteiger partial charge in [-0.15, -0.1) is 10.2 Å². The highest BCUT2D eigenvalue weighted by Gasteiger charge is 2.13. The average Bonchev–Trinajstić information content (AvgIpc) is 3.01. The number of carbonyl (C=O) groups excluding carboxylic acids is 1. The molecule has 0 atom stereocenters. The largest absolute Gasteiger partial charge is 0.489 e. The minimum Gasteiger partial charge on any atom is -0.489 e. The van der Waals surface area contributed by atoms with Crippen molar-refractivity contribution in [2.45, 2.75) is 26.9 Å². The van der Waals surface area contributed by atoms with E-state index in [2.05, 4.69) is 26.0 Å². The van der Waals surface area contributed by atoms with E-state index in [1.807, 2.05) is 26.0 Å². The number of nitrogens with zero attached hydrogens (tertiary/aromatic N) is 3. The summed E-state index contributed by atoms with van der Waals surface area (Å²) in [4.78, 5) is 12.4. The highest BCUT2D eigenvalue weighted by molar-refractivity contribution is 6.03. The van der Waals surface area contributed by atoms with Crippen molar-refractivity contribution in [2.75, 3.05) is 10.6 Å². The molecule has 134 valence electrons. The Kier molecular flexibility index (Phi) is 5.12. The lowest BCUT2D eigenvalue weighted by Gasteiger charge is -2.14. The molecule has 2 heterocycles. The maximum absolute atomic E-state index is 12.4. The molecule has 1 amide bonds. The van der Waals surface area contributed by atoms with Gasteiger partial charge in [0.05, 0.1) is 11.8 Å². The number of para-hydroxylation sites is 2. The van der Waals surface area contributed by atoms with Gasteiger partial charge in [0.15, 0.2) is 17.3 Å². The van der Waals surface area contributed by atoms with Crippen LogP contribution in [0.1, 0.15) is 30.1 Å². The minimum atomic E-state index is -0.374. The predicted molar refractivity (Wildman–Crippen MR) is 96.7 cm³/mol. The Morgan fingerprint density at radius 2 is 1.92 bits per heavy atom. The number of aromatic nitrogens is 3. The second kappa shape index (κ2) is 7.64. The van der Waals surface area contributed by atoms with Crippen LogP contribution in [0.3, 0.4) is 0 Å². The second-order valence-electron chi connectivity index (χ2n) is 5.87. The van der Waals surface area contributed by atoms with Gasteiger partial charge in [-0.1, -0.05) is 17.3 Å². The summed E-state index contributed by atoms with van der Waals surface area (Å²) in [6.45, 7) is 5.64. The van der Waals surface area contributed by atoms with Gasteiger partial charge in [0.25, 0.3) is 5.91 Å². The number of hydrogen-bond donors (Lipinski definition) is 2. The second-order valence-corrected chi connectivity index (χ2v) is 5.87. The number of aryl methyl sites for hydroxylation is 1. The topological polar surface area (TPSA) is 102 Å². The van der Waals surface area contributed by atoms with Crippen molar-refractivity contribution in [3.05, 3.63) is 53.9 Å². The van der Waals surface area contributed by atoms with Gasteiger partial charge in [-0.3, -0.25) is 4.79 Å². The third-order valence-corrected chi connectivity index (χ3v) is 3.28. The lowest BCUT2D eigenvalue weighted by atomic mass is 10.2. The molecule has 1 aromatic carbocycles. The standard InChI is InChI=1S/C18H19N5O3/c1-11(2)25-15-7-5-4-6-13(15)19-18(24)14-8-9-16(22-21-14)20-17-10-12(3)26-23-17/h4-11H,1-3H3,(H,19,24)(H,20,22,23). The van der Waals surface area contributed by atoms with Crippen LogP contribution in [0.15, 0.2) is 47.0 Å². The van der Waals surface area contributed by atoms with Crippen LogP contribution in [0.5, 0.6) is 5.75 Å². The van der Waals surface area contributed by atoms with Gasteiger partial charge in [-0.05, 0) is 45.0 Å². The Hall–Kier alpha value is -3.42. The third kappa shape index (κ3) is 4.35. The summed E-state index contributed by atoms with van der Waals surface area (Å²) in [6.07, 6.45) is -0.00151. The van der Waals surface area contributed by atoms with Gasteiger partial charge in [-0.2, -0.15) is 0 Å². The molecule has 2 aromatic heterocycles. The lowest BCUT2D eigenvalue weighted by Crippen LogP contribution is -2.16. The van der Waals surface area contributed by atoms with Crippen molar-refractivity contribution < 1.29 is 14.1 Å². The van der Waals surface area contributed by atoms with Crippen LogP contribution in [-0.4, -0.2) is 27.4 Å². The maximum atomic E-state index is 12.4. The highest BCUT2D eigenvalue weighted by Crippen LogP contribution is 2.25. The predicted octanol–water partition coefficient (Wildman–Crippen LogP) is 3.56. The first kappa shape index (κ1) is 17.4. The Labute approximate surface area is 150 Å². The molecular weight excluding hydrogens is 334 g/mol. The molecule has 0 radical (unpaired) electrons. The van der Waals surface area contributed by atoms with Crippen LogP contribution in [0.4, 0.5) is 17.3 Å². The van der Waals surface area contributed by atoms with Gasteiger partial charge >= 0.3 is 0 Å². The van der Waals surface area contributed by atoms with Crippen LogP contribution in [0.2, 0.25) is 0 Å². The zero-order valence-electron chi connectivity index (χ0n) is 14.7. The SMILES string of the molecule is Cc1cc(Nc2ccc(C(=O)Nc3ccccc3OC(C)C)nn2)no1. The van der Waals surface area contributed by atoms with Crippen LogP contribution in [0.25, 0.3) is 0 Å². The molecular formula is C18H19N5O3. The molecule has 3 rings (SSSR count). The smallest absolute Gasteiger partial charge is 0.276 e. The molecule has 0 fully saturated rings. The summed E-state index contributed by atoms with van der Waals surface area (Å²) < 4.78 is 10.7. The Morgan fingerprint density at radius 1 is 1.12 bits per heavy atom. The maximum Gasteiger partial charge on any atom is 0.276 e. The molecule has 0 aliphatic carbocycles. The zero-order chi connectivity index (χ0) is 18.5. The fraction of sp³-hybridized carbons (Fsp3) is 0.222. The number of anilines is 3. The van der Waals surface area contributed by atoms with Crippen LogP contribution in [-0.2, 0) is 0 Å². The molecule has 26 heavy (non-hydrogen) atoms. The van der Waals surface area contributed by atoms with Gasteiger partial charge in [0.1, 0.15) is 11.5 Å². The number of nitrogens with one attached hydrogen (secondary N) is 2. The first-order chi connectivity index (χ1) is 12.5. The Balaban J connectivity index is 1.69. The van der Waals surface area contributed by atoms with Gasteiger partial charge in [0, 0.05) is 6.07 Å². The van der Waals surface area contributed by atoms with Crippen molar-refractivity contribution in [1.82, 2.24) is 15.4 Å². The first-order valence-electron chi connectivity index (χ1n) is 8.12. The summed E-state index contributed by atoms with van der Waals surface area (Å²) in [5, 5.41) is 17.5. The van der Waals surface area contributed by atoms with E-state index in [1.54, 1.807) is 37.3 Å². The van der Waals surface area contributed by atoms with Crippen LogP contribution in [0, 0.1) is 6.92 Å². The summed E-state index contributed by atoms with van der Waals surface area (Å²) in [5.41, 5.74) is 0.763. The van der Waals surface area contributed by atoms with Gasteiger partial charge < -0.3 is 19.9 Å². The summed E-state index contributed by atoms with van der Waals surface area (Å²) in [7, 11) is 0. The zero-order valence-corrected chi connectivity index (χ0v) is 14.7. The normalized spacial score (nSPS) is 10.6. The molecule has 8 nitrogen and oxygen atoms in total. The summed E-state index contributed by atoms with van der Waals surface area (Å²) in [6, 6.07) is 12.2. The van der Waals surface area contributed by atoms with Crippen molar-refractivity contribution in [1.29, 1.82) is 0 Å². The molecule has 0 aliphatic rings. The first-order valence-corrected chi connectivity index (χ1v) is 8.12. The number of rotatable bonds is 6. The molecule has 0 saturated carbocycles. The van der Waals surface area contributed by atoms with Crippen molar-refractivity contribution in [3.63, 3.8) is 0 Å². The monoisotopic (exact) mass is 353 g/mol. The van der Waals surface area contributed by atoms with Crippen LogP contribution >= 0.6 is 0 Å². The number of hydrogen-bond acceptors (Lipinski definition) is 7. The molecule has 0 spiro atoms. The van der Waals surface area contributed by atoms with E-state index in [1.165, 1.54) is 0 Å². The molecule has 8 heteroatoms. The Morgan fingerprint density at radius 3 is 2.58 bits per heavy atom. The molecule has 0 aliphatic heterocycles.